The number of aryl methyl sites for hydroxylation is 2. The SMILES string of the molecule is Cc1cccc(-c2nccc(C)c2-c2ccc3ncc(C#N)n3c2)n1. The summed E-state index contributed by atoms with van der Waals surface area (Å²) < 4.78 is 1.80. The van der Waals surface area contributed by atoms with Crippen LogP contribution in [0.1, 0.15) is 17.0 Å². The molecule has 0 saturated carbocycles. The monoisotopic (exact) mass is 325 g/mol. The molecule has 4 rings (SSSR count). The van der Waals surface area contributed by atoms with Gasteiger partial charge in [0.2, 0.25) is 0 Å². The minimum Gasteiger partial charge on any atom is -0.291 e. The smallest absolute Gasteiger partial charge is 0.144 e. The van der Waals surface area contributed by atoms with Gasteiger partial charge in [-0.15, -0.1) is 0 Å². The molecular formula is C20H15N5. The van der Waals surface area contributed by atoms with Crippen molar-refractivity contribution in [2.75, 3.05) is 0 Å². The zero-order chi connectivity index (χ0) is 17.4. The number of rotatable bonds is 2. The Bertz CT molecular complexity index is 1130. The zero-order valence-electron chi connectivity index (χ0n) is 13.9. The van der Waals surface area contributed by atoms with Gasteiger partial charge in [-0.3, -0.25) is 14.4 Å². The van der Waals surface area contributed by atoms with Crippen molar-refractivity contribution in [1.29, 1.82) is 5.26 Å². The first-order valence-electron chi connectivity index (χ1n) is 7.94. The van der Waals surface area contributed by atoms with Crippen molar-refractivity contribution in [3.63, 3.8) is 0 Å². The van der Waals surface area contributed by atoms with Crippen molar-refractivity contribution >= 4 is 5.65 Å². The molecule has 4 heterocycles. The summed E-state index contributed by atoms with van der Waals surface area (Å²) in [6, 6.07) is 14.0. The van der Waals surface area contributed by atoms with Crippen molar-refractivity contribution in [2.24, 2.45) is 0 Å². The molecule has 0 amide bonds. The number of imidazole rings is 1. The molecule has 0 aliphatic carbocycles. The Kier molecular flexibility index (Phi) is 3.51. The minimum absolute atomic E-state index is 0.508. The van der Waals surface area contributed by atoms with Crippen LogP contribution in [0, 0.1) is 25.2 Å². The average molecular weight is 325 g/mol. The van der Waals surface area contributed by atoms with Gasteiger partial charge in [-0.1, -0.05) is 6.07 Å². The number of hydrogen-bond donors (Lipinski definition) is 0. The fourth-order valence-corrected chi connectivity index (χ4v) is 3.00. The fourth-order valence-electron chi connectivity index (χ4n) is 3.00. The lowest BCUT2D eigenvalue weighted by Crippen LogP contribution is -1.97. The highest BCUT2D eigenvalue weighted by atomic mass is 15.0. The summed E-state index contributed by atoms with van der Waals surface area (Å²) in [5.74, 6) is 0. The van der Waals surface area contributed by atoms with Gasteiger partial charge in [-0.25, -0.2) is 4.98 Å². The molecule has 0 N–H and O–H groups in total. The molecule has 0 radical (unpaired) electrons. The Morgan fingerprint density at radius 2 is 1.92 bits per heavy atom. The maximum absolute atomic E-state index is 9.27. The van der Waals surface area contributed by atoms with Gasteiger partial charge in [0.05, 0.1) is 17.6 Å². The summed E-state index contributed by atoms with van der Waals surface area (Å²) in [5.41, 5.74) is 6.97. The third-order valence-electron chi connectivity index (χ3n) is 4.20. The van der Waals surface area contributed by atoms with Crippen molar-refractivity contribution < 1.29 is 0 Å². The van der Waals surface area contributed by atoms with Gasteiger partial charge >= 0.3 is 0 Å². The zero-order valence-corrected chi connectivity index (χ0v) is 13.9. The standard InChI is InChI=1S/C20H15N5/c1-13-8-9-22-20(17-5-3-4-14(2)24-17)19(13)15-6-7-18-23-11-16(10-21)25(18)12-15/h3-9,11-12H,1-2H3. The van der Waals surface area contributed by atoms with E-state index in [4.69, 9.17) is 0 Å². The molecule has 0 atom stereocenters. The van der Waals surface area contributed by atoms with Crippen LogP contribution in [0.2, 0.25) is 0 Å². The van der Waals surface area contributed by atoms with Crippen LogP contribution in [0.3, 0.4) is 0 Å². The van der Waals surface area contributed by atoms with E-state index in [1.807, 2.05) is 49.5 Å². The molecule has 0 fully saturated rings. The topological polar surface area (TPSA) is 66.9 Å². The van der Waals surface area contributed by atoms with Crippen molar-refractivity contribution in [1.82, 2.24) is 19.4 Å². The van der Waals surface area contributed by atoms with Gasteiger partial charge in [-0.05, 0) is 49.7 Å². The van der Waals surface area contributed by atoms with Crippen molar-refractivity contribution in [3.8, 4) is 28.6 Å². The first-order chi connectivity index (χ1) is 12.2. The Morgan fingerprint density at radius 1 is 1.04 bits per heavy atom. The van der Waals surface area contributed by atoms with Gasteiger partial charge in [0, 0.05) is 29.2 Å². The third-order valence-corrected chi connectivity index (χ3v) is 4.20. The lowest BCUT2D eigenvalue weighted by atomic mass is 9.98. The van der Waals surface area contributed by atoms with Crippen LogP contribution in [-0.2, 0) is 0 Å². The lowest BCUT2D eigenvalue weighted by Gasteiger charge is -2.12. The molecule has 0 unspecified atom stereocenters. The van der Waals surface area contributed by atoms with Gasteiger partial charge in [0.15, 0.2) is 0 Å². The lowest BCUT2D eigenvalue weighted by molar-refractivity contribution is 1.14. The van der Waals surface area contributed by atoms with E-state index >= 15 is 0 Å². The summed E-state index contributed by atoms with van der Waals surface area (Å²) in [5, 5.41) is 9.27. The molecule has 0 aliphatic heterocycles. The molecule has 0 aromatic carbocycles. The molecule has 4 aromatic heterocycles. The summed E-state index contributed by atoms with van der Waals surface area (Å²) in [6.45, 7) is 4.02. The highest BCUT2D eigenvalue weighted by Crippen LogP contribution is 2.32. The molecule has 0 aliphatic rings. The van der Waals surface area contributed by atoms with Crippen LogP contribution in [0.5, 0.6) is 0 Å². The summed E-state index contributed by atoms with van der Waals surface area (Å²) in [6.07, 6.45) is 5.32. The van der Waals surface area contributed by atoms with Crippen molar-refractivity contribution in [3.05, 3.63) is 71.9 Å². The molecule has 5 nitrogen and oxygen atoms in total. The van der Waals surface area contributed by atoms with E-state index in [1.165, 1.54) is 0 Å². The van der Waals surface area contributed by atoms with E-state index in [2.05, 4.69) is 27.9 Å². The van der Waals surface area contributed by atoms with Crippen LogP contribution >= 0.6 is 0 Å². The predicted molar refractivity (Wildman–Crippen MR) is 95.8 cm³/mol. The predicted octanol–water partition coefficient (Wildman–Crippen LogP) is 3.95. The molecule has 0 bridgehead atoms. The largest absolute Gasteiger partial charge is 0.291 e. The quantitative estimate of drug-likeness (QED) is 0.560. The number of aromatic nitrogens is 4. The molecule has 4 aromatic rings. The number of pyridine rings is 3. The molecular weight excluding hydrogens is 310 g/mol. The Labute approximate surface area is 145 Å². The van der Waals surface area contributed by atoms with Crippen LogP contribution in [0.25, 0.3) is 28.2 Å². The van der Waals surface area contributed by atoms with E-state index < -0.39 is 0 Å². The second-order valence-electron chi connectivity index (χ2n) is 5.92. The van der Waals surface area contributed by atoms with Gasteiger partial charge in [-0.2, -0.15) is 5.26 Å². The number of hydrogen-bond acceptors (Lipinski definition) is 4. The number of fused-ring (bicyclic) bond motifs is 1. The maximum Gasteiger partial charge on any atom is 0.144 e. The van der Waals surface area contributed by atoms with E-state index in [-0.39, 0.29) is 0 Å². The Hall–Kier alpha value is -3.52. The Morgan fingerprint density at radius 3 is 2.72 bits per heavy atom. The molecule has 5 heteroatoms. The van der Waals surface area contributed by atoms with Crippen LogP contribution in [0.15, 0.2) is 55.0 Å². The second kappa shape index (κ2) is 5.84. The molecule has 0 saturated heterocycles. The van der Waals surface area contributed by atoms with Gasteiger partial charge in [0.25, 0.3) is 0 Å². The minimum atomic E-state index is 0.508. The van der Waals surface area contributed by atoms with Crippen LogP contribution in [-0.4, -0.2) is 19.4 Å². The first-order valence-corrected chi connectivity index (χ1v) is 7.94. The summed E-state index contributed by atoms with van der Waals surface area (Å²) in [4.78, 5) is 13.5. The van der Waals surface area contributed by atoms with Crippen LogP contribution < -0.4 is 0 Å². The summed E-state index contributed by atoms with van der Waals surface area (Å²) >= 11 is 0. The van der Waals surface area contributed by atoms with Crippen molar-refractivity contribution in [2.45, 2.75) is 13.8 Å². The van der Waals surface area contributed by atoms with Gasteiger partial charge in [0.1, 0.15) is 17.4 Å². The third kappa shape index (κ3) is 2.54. The summed E-state index contributed by atoms with van der Waals surface area (Å²) in [7, 11) is 0. The number of nitrogens with zero attached hydrogens (tertiary/aromatic N) is 5. The maximum atomic E-state index is 9.27. The molecule has 0 spiro atoms. The van der Waals surface area contributed by atoms with E-state index in [1.54, 1.807) is 16.8 Å². The highest BCUT2D eigenvalue weighted by Gasteiger charge is 2.14. The normalized spacial score (nSPS) is 10.8. The fraction of sp³-hybridized carbons (Fsp3) is 0.100. The van der Waals surface area contributed by atoms with Crippen LogP contribution in [0.4, 0.5) is 0 Å². The molecule has 120 valence electrons. The Balaban J connectivity index is 1.98. The average Bonchev–Trinajstić information content (AvgIpc) is 3.03. The molecule has 25 heavy (non-hydrogen) atoms. The number of nitriles is 1. The van der Waals surface area contributed by atoms with E-state index in [0.717, 1.165) is 39.4 Å². The highest BCUT2D eigenvalue weighted by molar-refractivity contribution is 5.81. The van der Waals surface area contributed by atoms with E-state index in [0.29, 0.717) is 5.69 Å². The second-order valence-corrected chi connectivity index (χ2v) is 5.92. The van der Waals surface area contributed by atoms with Gasteiger partial charge < -0.3 is 0 Å². The van der Waals surface area contributed by atoms with E-state index in [9.17, 15) is 5.26 Å². The first kappa shape index (κ1) is 15.0.